The summed E-state index contributed by atoms with van der Waals surface area (Å²) in [7, 11) is 1.55. The predicted octanol–water partition coefficient (Wildman–Crippen LogP) is 6.80. The quantitative estimate of drug-likeness (QED) is 0.310. The van der Waals surface area contributed by atoms with Crippen LogP contribution in [0, 0.1) is 16.7 Å². The fourth-order valence-electron chi connectivity index (χ4n) is 5.22. The number of carbonyl (C=O) groups is 1. The number of allylic oxidation sites excluding steroid dienone is 3. The van der Waals surface area contributed by atoms with Gasteiger partial charge in [-0.1, -0.05) is 67.3 Å². The van der Waals surface area contributed by atoms with Crippen LogP contribution in [0.4, 0.5) is 18.3 Å². The number of anilines is 1. The molecular formula is C29H26F3N5O2S2. The number of hydrogen-bond acceptors (Lipinski definition) is 9. The number of nitrogens with zero attached hydrogens (tertiary/aromatic N) is 4. The average molecular weight is 598 g/mol. The normalized spacial score (nSPS) is 18.8. The van der Waals surface area contributed by atoms with Crippen molar-refractivity contribution in [2.24, 2.45) is 11.1 Å². The first-order valence-electron chi connectivity index (χ1n) is 12.6. The summed E-state index contributed by atoms with van der Waals surface area (Å²) in [6, 6.07) is 14.6. The Morgan fingerprint density at radius 3 is 2.66 bits per heavy atom. The molecule has 0 saturated carbocycles. The molecule has 1 aromatic heterocycles. The fraction of sp³-hybridized carbons (Fsp3) is 0.310. The number of hydrogen-bond donors (Lipinski definition) is 1. The standard InChI is InChI=1S/C29H26F3N5O2S2/c1-28(2)12-21-24(22(38)13-28)23(17-7-5-9-19(11-17)39-3)20(14-33)25(34)37(21)26-35-36-27(41-26)40-15-16-6-4-8-18(10-16)29(30,31)32/h4-11,23H,12-13,15,34H2,1-3H3. The molecule has 12 heteroatoms. The third-order valence-corrected chi connectivity index (χ3v) is 9.12. The van der Waals surface area contributed by atoms with Crippen molar-refractivity contribution in [2.75, 3.05) is 12.0 Å². The molecule has 3 aromatic rings. The highest BCUT2D eigenvalue weighted by Crippen LogP contribution is 2.51. The fourth-order valence-corrected chi connectivity index (χ4v) is 7.04. The summed E-state index contributed by atoms with van der Waals surface area (Å²) < 4.78 is 45.3. The number of benzene rings is 2. The summed E-state index contributed by atoms with van der Waals surface area (Å²) >= 11 is 2.45. The van der Waals surface area contributed by atoms with Crippen molar-refractivity contribution in [2.45, 2.75) is 48.9 Å². The van der Waals surface area contributed by atoms with E-state index in [-0.39, 0.29) is 28.3 Å². The van der Waals surface area contributed by atoms with Crippen molar-refractivity contribution < 1.29 is 22.7 Å². The molecule has 41 heavy (non-hydrogen) atoms. The molecule has 1 aliphatic carbocycles. The van der Waals surface area contributed by atoms with Gasteiger partial charge in [0.1, 0.15) is 11.6 Å². The molecule has 2 N–H and O–H groups in total. The monoisotopic (exact) mass is 597 g/mol. The first kappa shape index (κ1) is 28.7. The van der Waals surface area contributed by atoms with Gasteiger partial charge in [-0.2, -0.15) is 18.4 Å². The van der Waals surface area contributed by atoms with E-state index in [1.54, 1.807) is 30.2 Å². The molecule has 0 bridgehead atoms. The van der Waals surface area contributed by atoms with Gasteiger partial charge in [-0.05, 0) is 41.2 Å². The Bertz CT molecular complexity index is 1620. The van der Waals surface area contributed by atoms with Crippen molar-refractivity contribution in [3.63, 3.8) is 0 Å². The van der Waals surface area contributed by atoms with Gasteiger partial charge in [0, 0.05) is 23.4 Å². The summed E-state index contributed by atoms with van der Waals surface area (Å²) in [5.74, 6) is 0.281. The van der Waals surface area contributed by atoms with Crippen molar-refractivity contribution in [1.29, 1.82) is 5.26 Å². The van der Waals surface area contributed by atoms with E-state index in [0.29, 0.717) is 44.9 Å². The summed E-state index contributed by atoms with van der Waals surface area (Å²) in [5.41, 5.74) is 8.20. The van der Waals surface area contributed by atoms with Gasteiger partial charge >= 0.3 is 6.18 Å². The van der Waals surface area contributed by atoms with Gasteiger partial charge in [0.05, 0.1) is 30.2 Å². The number of halogens is 3. The molecule has 2 aliphatic rings. The number of ketones is 1. The molecule has 0 spiro atoms. The third kappa shape index (κ3) is 5.69. The van der Waals surface area contributed by atoms with Crippen molar-refractivity contribution >= 4 is 34.0 Å². The van der Waals surface area contributed by atoms with Crippen LogP contribution in [-0.2, 0) is 16.7 Å². The lowest BCUT2D eigenvalue weighted by Crippen LogP contribution is -2.42. The SMILES string of the molecule is COc1cccc(C2C(C#N)=C(N)N(c3nnc(SCc4cccc(C(F)(F)F)c4)s3)C3=C2C(=O)CC(C)(C)C3)c1. The molecule has 1 aliphatic heterocycles. The van der Waals surface area contributed by atoms with E-state index in [4.69, 9.17) is 10.5 Å². The maximum Gasteiger partial charge on any atom is 0.416 e. The zero-order valence-electron chi connectivity index (χ0n) is 22.5. The van der Waals surface area contributed by atoms with Crippen LogP contribution in [0.3, 0.4) is 0 Å². The van der Waals surface area contributed by atoms with E-state index in [1.807, 2.05) is 26.0 Å². The minimum atomic E-state index is -4.42. The Hall–Kier alpha value is -3.82. The summed E-state index contributed by atoms with van der Waals surface area (Å²) in [4.78, 5) is 15.3. The molecule has 1 unspecified atom stereocenters. The smallest absolute Gasteiger partial charge is 0.416 e. The lowest BCUT2D eigenvalue weighted by atomic mass is 9.68. The van der Waals surface area contributed by atoms with Gasteiger partial charge < -0.3 is 10.5 Å². The number of alkyl halides is 3. The predicted molar refractivity (Wildman–Crippen MR) is 151 cm³/mol. The highest BCUT2D eigenvalue weighted by Gasteiger charge is 2.45. The number of nitrogens with two attached hydrogens (primary N) is 1. The number of aromatic nitrogens is 2. The maximum absolute atomic E-state index is 13.7. The molecule has 0 fully saturated rings. The molecule has 0 radical (unpaired) electrons. The number of ether oxygens (including phenoxy) is 1. The summed E-state index contributed by atoms with van der Waals surface area (Å²) in [5, 5.41) is 19.2. The number of Topliss-reactive ketones (excluding diaryl/α,β-unsaturated/α-hetero) is 1. The van der Waals surface area contributed by atoms with Crippen molar-refractivity contribution in [1.82, 2.24) is 10.2 Å². The van der Waals surface area contributed by atoms with Gasteiger partial charge in [0.2, 0.25) is 5.13 Å². The molecule has 2 aromatic carbocycles. The number of thioether (sulfide) groups is 1. The average Bonchev–Trinajstić information content (AvgIpc) is 3.38. The first-order chi connectivity index (χ1) is 19.4. The Morgan fingerprint density at radius 1 is 1.20 bits per heavy atom. The van der Waals surface area contributed by atoms with Crippen LogP contribution >= 0.6 is 23.1 Å². The van der Waals surface area contributed by atoms with E-state index >= 15 is 0 Å². The summed E-state index contributed by atoms with van der Waals surface area (Å²) in [6.45, 7) is 4.01. The van der Waals surface area contributed by atoms with Gasteiger partial charge in [-0.25, -0.2) is 0 Å². The molecule has 212 valence electrons. The van der Waals surface area contributed by atoms with Crippen LogP contribution < -0.4 is 15.4 Å². The molecule has 5 rings (SSSR count). The molecule has 0 amide bonds. The number of methoxy groups -OCH3 is 1. The molecular weight excluding hydrogens is 571 g/mol. The number of carbonyl (C=O) groups excluding carboxylic acids is 1. The van der Waals surface area contributed by atoms with Crippen LogP contribution in [0.5, 0.6) is 5.75 Å². The highest BCUT2D eigenvalue weighted by molar-refractivity contribution is 8.00. The minimum absolute atomic E-state index is 0.0713. The Kier molecular flexibility index (Phi) is 7.61. The van der Waals surface area contributed by atoms with Crippen molar-refractivity contribution in [3.05, 3.63) is 87.9 Å². The van der Waals surface area contributed by atoms with E-state index in [9.17, 15) is 23.2 Å². The van der Waals surface area contributed by atoms with Gasteiger partial charge in [0.15, 0.2) is 10.1 Å². The number of nitriles is 1. The lowest BCUT2D eigenvalue weighted by Gasteiger charge is -2.42. The Labute approximate surface area is 243 Å². The molecule has 7 nitrogen and oxygen atoms in total. The third-order valence-electron chi connectivity index (χ3n) is 7.01. The van der Waals surface area contributed by atoms with Crippen molar-refractivity contribution in [3.8, 4) is 11.8 Å². The van der Waals surface area contributed by atoms with Gasteiger partial charge in [-0.3, -0.25) is 9.69 Å². The largest absolute Gasteiger partial charge is 0.497 e. The first-order valence-corrected chi connectivity index (χ1v) is 14.4. The van der Waals surface area contributed by atoms with Crippen LogP contribution in [0.25, 0.3) is 0 Å². The number of rotatable bonds is 6. The van der Waals surface area contributed by atoms with E-state index in [0.717, 1.165) is 17.7 Å². The van der Waals surface area contributed by atoms with Crippen LogP contribution in [-0.4, -0.2) is 23.1 Å². The zero-order valence-corrected chi connectivity index (χ0v) is 24.1. The van der Waals surface area contributed by atoms with E-state index < -0.39 is 17.7 Å². The van der Waals surface area contributed by atoms with Crippen LogP contribution in [0.2, 0.25) is 0 Å². The molecule has 2 heterocycles. The zero-order chi connectivity index (χ0) is 29.5. The molecule has 1 atom stereocenters. The van der Waals surface area contributed by atoms with Gasteiger partial charge in [-0.15, -0.1) is 10.2 Å². The van der Waals surface area contributed by atoms with Gasteiger partial charge in [0.25, 0.3) is 0 Å². The topological polar surface area (TPSA) is 105 Å². The Balaban J connectivity index is 1.53. The lowest BCUT2D eigenvalue weighted by molar-refractivity contribution is -0.137. The summed E-state index contributed by atoms with van der Waals surface area (Å²) in [6.07, 6.45) is -3.60. The van der Waals surface area contributed by atoms with Crippen LogP contribution in [0.15, 0.2) is 75.5 Å². The second-order valence-corrected chi connectivity index (χ2v) is 12.8. The second-order valence-electron chi connectivity index (χ2n) is 10.6. The Morgan fingerprint density at radius 2 is 1.95 bits per heavy atom. The maximum atomic E-state index is 13.7. The second kappa shape index (κ2) is 10.9. The highest BCUT2D eigenvalue weighted by atomic mass is 32.2. The van der Waals surface area contributed by atoms with E-state index in [1.165, 1.54) is 29.2 Å². The minimum Gasteiger partial charge on any atom is -0.497 e. The molecule has 0 saturated heterocycles. The van der Waals surface area contributed by atoms with Crippen LogP contribution in [0.1, 0.15) is 49.3 Å². The van der Waals surface area contributed by atoms with E-state index in [2.05, 4.69) is 16.3 Å².